The van der Waals surface area contributed by atoms with E-state index in [0.717, 1.165) is 13.1 Å². The van der Waals surface area contributed by atoms with Crippen molar-refractivity contribution >= 4 is 50.6 Å². The quantitative estimate of drug-likeness (QED) is 0.133. The number of hydrogen-bond donors (Lipinski definition) is 0. The molecule has 4 aromatic rings. The normalized spacial score (nSPS) is 19.7. The molecule has 0 radical (unpaired) electrons. The fourth-order valence-electron chi connectivity index (χ4n) is 5.39. The van der Waals surface area contributed by atoms with Crippen molar-refractivity contribution in [1.29, 1.82) is 0 Å². The second-order valence-corrected chi connectivity index (χ2v) is 20.5. The lowest BCUT2D eigenvalue weighted by atomic mass is 10.1. The van der Waals surface area contributed by atoms with E-state index < -0.39 is 12.5 Å². The molecule has 5 rings (SSSR count). The van der Waals surface area contributed by atoms with Crippen LogP contribution in [0.25, 0.3) is 0 Å². The monoisotopic (exact) mass is 636 g/mol. The Balaban J connectivity index is 1.77. The van der Waals surface area contributed by atoms with Gasteiger partial charge in [-0.25, -0.2) is 4.99 Å². The van der Waals surface area contributed by atoms with Gasteiger partial charge in [-0.05, 0) is 52.8 Å². The molecule has 0 amide bonds. The minimum atomic E-state index is -1.97. The van der Waals surface area contributed by atoms with Gasteiger partial charge in [0.05, 0.1) is 19.8 Å². The Morgan fingerprint density at radius 3 is 1.78 bits per heavy atom. The molecule has 0 aromatic heterocycles. The van der Waals surface area contributed by atoms with Gasteiger partial charge < -0.3 is 0 Å². The SMILES string of the molecule is CCCCN([P+](C)(c1ccccc1)c1ccccc1)[P+]1(I)C(c2ccccc2)=NC[C@H]1c1ccccc1. The summed E-state index contributed by atoms with van der Waals surface area (Å²) >= 11 is 2.91. The molecule has 0 aliphatic carbocycles. The minimum Gasteiger partial charge on any atom is -0.245 e. The molecule has 0 saturated heterocycles. The summed E-state index contributed by atoms with van der Waals surface area (Å²) in [5.41, 5.74) is 4.37. The summed E-state index contributed by atoms with van der Waals surface area (Å²) < 4.78 is 2.99. The Kier molecular flexibility index (Phi) is 8.57. The molecule has 0 fully saturated rings. The largest absolute Gasteiger partial charge is 0.245 e. The third-order valence-electron chi connectivity index (χ3n) is 7.37. The molecule has 1 heterocycles. The Hall–Kier alpha value is -1.90. The first kappa shape index (κ1) is 26.7. The van der Waals surface area contributed by atoms with Crippen molar-refractivity contribution in [3.63, 3.8) is 0 Å². The molecule has 37 heavy (non-hydrogen) atoms. The fraction of sp³-hybridized carbons (Fsp3) is 0.219. The topological polar surface area (TPSA) is 15.6 Å². The Labute approximate surface area is 236 Å². The van der Waals surface area contributed by atoms with Crippen LogP contribution in [0.3, 0.4) is 0 Å². The zero-order valence-electron chi connectivity index (χ0n) is 21.6. The van der Waals surface area contributed by atoms with Crippen LogP contribution >= 0.6 is 34.5 Å². The molecule has 0 saturated carbocycles. The second-order valence-electron chi connectivity index (χ2n) is 9.64. The van der Waals surface area contributed by atoms with Crippen LogP contribution in [-0.2, 0) is 0 Å². The first-order chi connectivity index (χ1) is 18.1. The third-order valence-corrected chi connectivity index (χ3v) is 22.1. The van der Waals surface area contributed by atoms with Crippen LogP contribution in [0.5, 0.6) is 0 Å². The fourth-order valence-corrected chi connectivity index (χ4v) is 21.4. The smallest absolute Gasteiger partial charge is 0.243 e. The molecular weight excluding hydrogens is 601 g/mol. The molecule has 2 nitrogen and oxygen atoms in total. The van der Waals surface area contributed by atoms with Gasteiger partial charge in [0.1, 0.15) is 16.3 Å². The molecule has 1 aliphatic rings. The third kappa shape index (κ3) is 5.09. The summed E-state index contributed by atoms with van der Waals surface area (Å²) in [5, 5.41) is 0.914. The van der Waals surface area contributed by atoms with Crippen LogP contribution in [0, 0.1) is 0 Å². The van der Waals surface area contributed by atoms with Crippen LogP contribution in [0.1, 0.15) is 36.6 Å². The number of nitrogens with zero attached hydrogens (tertiary/aromatic N) is 2. The molecule has 0 N–H and O–H groups in total. The average molecular weight is 636 g/mol. The molecule has 2 atom stereocenters. The van der Waals surface area contributed by atoms with Crippen LogP contribution in [-0.4, -0.2) is 29.6 Å². The molecular formula is C32H35IN2P2+2. The number of unbranched alkanes of at least 4 members (excludes halogenated alkanes) is 1. The molecule has 4 aromatic carbocycles. The van der Waals surface area contributed by atoms with Crippen molar-refractivity contribution in [2.45, 2.75) is 25.4 Å². The van der Waals surface area contributed by atoms with E-state index >= 15 is 0 Å². The molecule has 0 bridgehead atoms. The standard InChI is InChI=1S/C32H35IN2P2/c1-3-4-25-35(36(2,29-21-13-7-14-22-29)30-23-15-8-16-24-30)37(33)31(27-17-9-5-10-18-27)26-34-32(37)28-19-11-6-12-20-28/h5-24,31H,3-4,25-26H2,1-2H3/q+2/t31-,37?/m0/s1. The van der Waals surface area contributed by atoms with Crippen LogP contribution in [0.2, 0.25) is 0 Å². The lowest BCUT2D eigenvalue weighted by Crippen LogP contribution is -2.38. The van der Waals surface area contributed by atoms with Crippen molar-refractivity contribution in [2.75, 3.05) is 19.8 Å². The van der Waals surface area contributed by atoms with Gasteiger partial charge in [0.25, 0.3) is 0 Å². The van der Waals surface area contributed by atoms with Crippen molar-refractivity contribution in [1.82, 2.24) is 4.44 Å². The number of hydrogen-bond acceptors (Lipinski definition) is 2. The van der Waals surface area contributed by atoms with E-state index in [-0.39, 0.29) is 0 Å². The predicted octanol–water partition coefficient (Wildman–Crippen LogP) is 8.79. The molecule has 0 spiro atoms. The van der Waals surface area contributed by atoms with Gasteiger partial charge in [-0.1, -0.05) is 98.3 Å². The maximum Gasteiger partial charge on any atom is 0.243 e. The van der Waals surface area contributed by atoms with E-state index in [1.54, 1.807) is 0 Å². The Bertz CT molecular complexity index is 1280. The van der Waals surface area contributed by atoms with Gasteiger partial charge in [-0.3, -0.25) is 0 Å². The minimum absolute atomic E-state index is 0.369. The highest BCUT2D eigenvalue weighted by Crippen LogP contribution is 2.89. The maximum absolute atomic E-state index is 5.38. The van der Waals surface area contributed by atoms with Crippen LogP contribution in [0.4, 0.5) is 0 Å². The van der Waals surface area contributed by atoms with E-state index in [1.165, 1.54) is 40.0 Å². The van der Waals surface area contributed by atoms with Gasteiger partial charge in [-0.2, -0.15) is 0 Å². The summed E-state index contributed by atoms with van der Waals surface area (Å²) in [4.78, 5) is 5.38. The first-order valence-electron chi connectivity index (χ1n) is 13.1. The van der Waals surface area contributed by atoms with Gasteiger partial charge in [0.2, 0.25) is 10.5 Å². The van der Waals surface area contributed by atoms with Crippen LogP contribution < -0.4 is 10.6 Å². The number of benzene rings is 4. The Morgan fingerprint density at radius 2 is 1.27 bits per heavy atom. The van der Waals surface area contributed by atoms with Crippen molar-refractivity contribution in [2.24, 2.45) is 4.99 Å². The zero-order valence-corrected chi connectivity index (χ0v) is 25.6. The first-order valence-corrected chi connectivity index (χ1v) is 19.9. The van der Waals surface area contributed by atoms with Crippen molar-refractivity contribution in [3.05, 3.63) is 132 Å². The highest BCUT2D eigenvalue weighted by atomic mass is 127. The van der Waals surface area contributed by atoms with Crippen molar-refractivity contribution in [3.8, 4) is 0 Å². The number of rotatable bonds is 9. The van der Waals surface area contributed by atoms with Gasteiger partial charge >= 0.3 is 0 Å². The van der Waals surface area contributed by atoms with E-state index in [2.05, 4.69) is 161 Å². The summed E-state index contributed by atoms with van der Waals surface area (Å²) in [6.07, 6.45) is 2.34. The molecule has 5 heteroatoms. The predicted molar refractivity (Wildman–Crippen MR) is 175 cm³/mol. The summed E-state index contributed by atoms with van der Waals surface area (Å²) in [6, 6.07) is 44.7. The highest BCUT2D eigenvalue weighted by Gasteiger charge is 2.68. The van der Waals surface area contributed by atoms with E-state index in [4.69, 9.17) is 4.99 Å². The van der Waals surface area contributed by atoms with Gasteiger partial charge in [0, 0.05) is 5.56 Å². The summed E-state index contributed by atoms with van der Waals surface area (Å²) in [7, 11) is -1.95. The van der Waals surface area contributed by atoms with Gasteiger partial charge in [-0.15, -0.1) is 0 Å². The van der Waals surface area contributed by atoms with Gasteiger partial charge in [0.15, 0.2) is 29.5 Å². The lowest BCUT2D eigenvalue weighted by Gasteiger charge is -2.39. The van der Waals surface area contributed by atoms with Crippen LogP contribution in [0.15, 0.2) is 126 Å². The van der Waals surface area contributed by atoms with Crippen molar-refractivity contribution < 1.29 is 0 Å². The molecule has 1 aliphatic heterocycles. The van der Waals surface area contributed by atoms with E-state index in [1.807, 2.05) is 0 Å². The number of aliphatic imine (C=N–C) groups is 1. The summed E-state index contributed by atoms with van der Waals surface area (Å²) in [5.74, 6) is 0. The molecule has 188 valence electrons. The Morgan fingerprint density at radius 1 is 0.784 bits per heavy atom. The summed E-state index contributed by atoms with van der Waals surface area (Å²) in [6.45, 7) is 6.77. The highest BCUT2D eigenvalue weighted by molar-refractivity contribution is 14.2. The second kappa shape index (κ2) is 11.9. The van der Waals surface area contributed by atoms with E-state index in [0.29, 0.717) is 5.66 Å². The molecule has 1 unspecified atom stereocenters. The number of halogens is 1. The lowest BCUT2D eigenvalue weighted by molar-refractivity contribution is 0.632. The maximum atomic E-state index is 5.38. The van der Waals surface area contributed by atoms with E-state index in [9.17, 15) is 0 Å². The average Bonchev–Trinajstić information content (AvgIpc) is 3.32. The zero-order chi connectivity index (χ0) is 25.7.